The van der Waals surface area contributed by atoms with Gasteiger partial charge in [0.25, 0.3) is 5.91 Å². The summed E-state index contributed by atoms with van der Waals surface area (Å²) in [4.78, 5) is 40.6. The van der Waals surface area contributed by atoms with Crippen LogP contribution in [0.25, 0.3) is 0 Å². The third kappa shape index (κ3) is 5.02. The van der Waals surface area contributed by atoms with Gasteiger partial charge in [0.05, 0.1) is 18.0 Å². The lowest BCUT2D eigenvalue weighted by molar-refractivity contribution is -0.137. The van der Waals surface area contributed by atoms with Gasteiger partial charge in [-0.3, -0.25) is 14.4 Å². The first kappa shape index (κ1) is 22.8. The van der Waals surface area contributed by atoms with Gasteiger partial charge in [-0.2, -0.15) is 13.2 Å². The highest BCUT2D eigenvalue weighted by Crippen LogP contribution is 2.32. The molecule has 9 heteroatoms. The molecule has 33 heavy (non-hydrogen) atoms. The molecule has 2 aliphatic rings. The van der Waals surface area contributed by atoms with Crippen LogP contribution in [0.2, 0.25) is 0 Å². The second-order valence-electron chi connectivity index (χ2n) is 8.39. The van der Waals surface area contributed by atoms with Crippen molar-refractivity contribution < 1.29 is 27.6 Å². The summed E-state index contributed by atoms with van der Waals surface area (Å²) in [5, 5.41) is 5.38. The fourth-order valence-electron chi connectivity index (χ4n) is 4.62. The number of rotatable bonds is 4. The zero-order valence-corrected chi connectivity index (χ0v) is 17.8. The van der Waals surface area contributed by atoms with Crippen LogP contribution in [-0.2, 0) is 15.8 Å². The van der Waals surface area contributed by atoms with Crippen molar-refractivity contribution in [3.63, 3.8) is 0 Å². The van der Waals surface area contributed by atoms with E-state index in [1.807, 2.05) is 0 Å². The first-order valence-corrected chi connectivity index (χ1v) is 10.9. The normalized spacial score (nSPS) is 22.8. The minimum Gasteiger partial charge on any atom is -0.349 e. The predicted molar refractivity (Wildman–Crippen MR) is 115 cm³/mol. The number of hydrogen-bond acceptors (Lipinski definition) is 3. The van der Waals surface area contributed by atoms with Gasteiger partial charge in [0.2, 0.25) is 11.8 Å². The van der Waals surface area contributed by atoms with Crippen LogP contribution in [0, 0.1) is 0 Å². The first-order chi connectivity index (χ1) is 15.7. The molecule has 4 rings (SSSR count). The van der Waals surface area contributed by atoms with E-state index in [0.717, 1.165) is 31.4 Å². The number of amides is 3. The fraction of sp³-hybridized carbons (Fsp3) is 0.375. The molecule has 0 bridgehead atoms. The highest BCUT2D eigenvalue weighted by atomic mass is 19.4. The van der Waals surface area contributed by atoms with Gasteiger partial charge in [-0.15, -0.1) is 0 Å². The lowest BCUT2D eigenvalue weighted by atomic mass is 9.84. The zero-order valence-electron chi connectivity index (χ0n) is 17.8. The van der Waals surface area contributed by atoms with Crippen molar-refractivity contribution >= 4 is 23.4 Å². The molecule has 2 aromatic rings. The molecule has 6 nitrogen and oxygen atoms in total. The van der Waals surface area contributed by atoms with Crippen LogP contribution >= 0.6 is 0 Å². The molecule has 1 saturated carbocycles. The maximum absolute atomic E-state index is 13.4. The monoisotopic (exact) mass is 459 g/mol. The molecule has 1 aliphatic carbocycles. The quantitative estimate of drug-likeness (QED) is 0.726. The molecule has 174 valence electrons. The standard InChI is InChI=1S/C24H24F3N3O3/c25-24(26,27)16-9-6-10-17(13-16)28-21(31)14-20-22(32)29-18-11-4-5-12-19(18)30(20)23(33)15-7-2-1-3-8-15/h1-3,6-10,13,18-20H,4-5,11-12,14H2,(H,28,31)(H,29,32)/t18-,19+,20+/m0/s1. The molecule has 0 unspecified atom stereocenters. The average molecular weight is 459 g/mol. The predicted octanol–water partition coefficient (Wildman–Crippen LogP) is 3.99. The highest BCUT2D eigenvalue weighted by molar-refractivity contribution is 6.01. The van der Waals surface area contributed by atoms with E-state index in [2.05, 4.69) is 10.6 Å². The summed E-state index contributed by atoms with van der Waals surface area (Å²) in [5.41, 5.74) is -0.496. The van der Waals surface area contributed by atoms with Crippen LogP contribution in [0.3, 0.4) is 0 Å². The highest BCUT2D eigenvalue weighted by Gasteiger charge is 2.46. The largest absolute Gasteiger partial charge is 0.416 e. The second-order valence-corrected chi connectivity index (χ2v) is 8.39. The Balaban J connectivity index is 1.57. The molecule has 2 aromatic carbocycles. The smallest absolute Gasteiger partial charge is 0.349 e. The van der Waals surface area contributed by atoms with E-state index in [0.29, 0.717) is 12.0 Å². The van der Waals surface area contributed by atoms with Gasteiger partial charge < -0.3 is 15.5 Å². The molecule has 2 N–H and O–H groups in total. The number of alkyl halides is 3. The van der Waals surface area contributed by atoms with Gasteiger partial charge >= 0.3 is 6.18 Å². The Hall–Kier alpha value is -3.36. The molecule has 3 atom stereocenters. The van der Waals surface area contributed by atoms with Crippen molar-refractivity contribution in [3.05, 3.63) is 65.7 Å². The Morgan fingerprint density at radius 2 is 1.76 bits per heavy atom. The fourth-order valence-corrected chi connectivity index (χ4v) is 4.62. The topological polar surface area (TPSA) is 78.5 Å². The van der Waals surface area contributed by atoms with Crippen molar-refractivity contribution in [1.82, 2.24) is 10.2 Å². The number of fused-ring (bicyclic) bond motifs is 1. The van der Waals surface area contributed by atoms with Crippen molar-refractivity contribution in [2.24, 2.45) is 0 Å². The Kier molecular flexibility index (Phi) is 6.40. The molecule has 0 spiro atoms. The van der Waals surface area contributed by atoms with E-state index in [1.165, 1.54) is 17.0 Å². The average Bonchev–Trinajstić information content (AvgIpc) is 2.79. The minimum absolute atomic E-state index is 0.0254. The number of hydrogen-bond donors (Lipinski definition) is 2. The summed E-state index contributed by atoms with van der Waals surface area (Å²) >= 11 is 0. The number of benzene rings is 2. The van der Waals surface area contributed by atoms with Crippen LogP contribution in [0.15, 0.2) is 54.6 Å². The maximum Gasteiger partial charge on any atom is 0.416 e. The molecule has 0 aromatic heterocycles. The molecule has 3 amide bonds. The number of carbonyl (C=O) groups is 3. The number of nitrogens with one attached hydrogen (secondary N) is 2. The molecule has 1 heterocycles. The van der Waals surface area contributed by atoms with E-state index >= 15 is 0 Å². The van der Waals surface area contributed by atoms with Gasteiger partial charge in [0.1, 0.15) is 6.04 Å². The van der Waals surface area contributed by atoms with E-state index in [-0.39, 0.29) is 30.1 Å². The third-order valence-electron chi connectivity index (χ3n) is 6.16. The van der Waals surface area contributed by atoms with Crippen LogP contribution in [-0.4, -0.2) is 40.7 Å². The molecular weight excluding hydrogens is 435 g/mol. The molecular formula is C24H24F3N3O3. The van der Waals surface area contributed by atoms with Crippen LogP contribution in [0.4, 0.5) is 18.9 Å². The van der Waals surface area contributed by atoms with E-state index < -0.39 is 29.6 Å². The van der Waals surface area contributed by atoms with Crippen LogP contribution < -0.4 is 10.6 Å². The third-order valence-corrected chi connectivity index (χ3v) is 6.16. The summed E-state index contributed by atoms with van der Waals surface area (Å²) in [7, 11) is 0. The maximum atomic E-state index is 13.4. The SMILES string of the molecule is O=C(C[C@@H]1C(=O)N[C@H]2CCCC[C@H]2N1C(=O)c1ccccc1)Nc1cccc(C(F)(F)F)c1. The summed E-state index contributed by atoms with van der Waals surface area (Å²) < 4.78 is 38.9. The Labute approximate surface area is 189 Å². The van der Waals surface area contributed by atoms with Crippen molar-refractivity contribution in [3.8, 4) is 0 Å². The van der Waals surface area contributed by atoms with Gasteiger partial charge in [-0.1, -0.05) is 37.1 Å². The lowest BCUT2D eigenvalue weighted by Gasteiger charge is -2.48. The summed E-state index contributed by atoms with van der Waals surface area (Å²) in [5.74, 6) is -1.41. The van der Waals surface area contributed by atoms with Crippen molar-refractivity contribution in [1.29, 1.82) is 0 Å². The Morgan fingerprint density at radius 3 is 2.48 bits per heavy atom. The van der Waals surface area contributed by atoms with E-state index in [4.69, 9.17) is 0 Å². The van der Waals surface area contributed by atoms with Gasteiger partial charge in [-0.25, -0.2) is 0 Å². The summed E-state index contributed by atoms with van der Waals surface area (Å²) in [6.45, 7) is 0. The molecule has 0 radical (unpaired) electrons. The van der Waals surface area contributed by atoms with E-state index in [1.54, 1.807) is 30.3 Å². The van der Waals surface area contributed by atoms with Crippen LogP contribution in [0.1, 0.15) is 48.0 Å². The van der Waals surface area contributed by atoms with Crippen LogP contribution in [0.5, 0.6) is 0 Å². The van der Waals surface area contributed by atoms with E-state index in [9.17, 15) is 27.6 Å². The summed E-state index contributed by atoms with van der Waals surface area (Å²) in [6, 6.07) is 11.4. The molecule has 1 aliphatic heterocycles. The Morgan fingerprint density at radius 1 is 1.03 bits per heavy atom. The second kappa shape index (κ2) is 9.25. The van der Waals surface area contributed by atoms with Gasteiger partial charge in [-0.05, 0) is 43.2 Å². The summed E-state index contributed by atoms with van der Waals surface area (Å²) in [6.07, 6.45) is -1.61. The number of anilines is 1. The number of halogens is 3. The molecule has 1 saturated heterocycles. The number of nitrogens with zero attached hydrogens (tertiary/aromatic N) is 1. The zero-order chi connectivity index (χ0) is 23.6. The molecule has 2 fully saturated rings. The number of carbonyl (C=O) groups excluding carboxylic acids is 3. The van der Waals surface area contributed by atoms with Crippen molar-refractivity contribution in [2.45, 2.75) is 56.4 Å². The lowest BCUT2D eigenvalue weighted by Crippen LogP contribution is -2.68. The Bertz CT molecular complexity index is 1040. The van der Waals surface area contributed by atoms with Gasteiger partial charge in [0, 0.05) is 17.3 Å². The van der Waals surface area contributed by atoms with Gasteiger partial charge in [0.15, 0.2) is 0 Å². The minimum atomic E-state index is -4.54. The van der Waals surface area contributed by atoms with Crippen molar-refractivity contribution in [2.75, 3.05) is 5.32 Å². The number of piperazine rings is 1. The first-order valence-electron chi connectivity index (χ1n) is 10.9.